The SMILES string of the molecule is Cc1c(Cl)nc(C(C)C)nc1Sc1nccn1C. The van der Waals surface area contributed by atoms with Crippen LogP contribution in [0.5, 0.6) is 0 Å². The maximum absolute atomic E-state index is 6.15. The normalized spacial score (nSPS) is 11.2. The number of hydrogen-bond acceptors (Lipinski definition) is 4. The number of aryl methyl sites for hydroxylation is 1. The molecule has 0 saturated carbocycles. The van der Waals surface area contributed by atoms with Gasteiger partial charge in [0.15, 0.2) is 5.16 Å². The fourth-order valence-corrected chi connectivity index (χ4v) is 2.49. The van der Waals surface area contributed by atoms with E-state index in [2.05, 4.69) is 28.8 Å². The van der Waals surface area contributed by atoms with E-state index in [1.807, 2.05) is 24.7 Å². The number of rotatable bonds is 3. The van der Waals surface area contributed by atoms with E-state index in [1.165, 1.54) is 11.8 Å². The molecule has 2 aromatic heterocycles. The molecule has 0 aliphatic carbocycles. The number of imidazole rings is 1. The van der Waals surface area contributed by atoms with Gasteiger partial charge < -0.3 is 4.57 Å². The van der Waals surface area contributed by atoms with E-state index in [0.717, 1.165) is 21.6 Å². The summed E-state index contributed by atoms with van der Waals surface area (Å²) in [5.41, 5.74) is 0.897. The minimum atomic E-state index is 0.254. The van der Waals surface area contributed by atoms with Crippen molar-refractivity contribution in [2.24, 2.45) is 7.05 Å². The molecule has 0 unspecified atom stereocenters. The molecule has 0 aromatic carbocycles. The molecule has 2 heterocycles. The van der Waals surface area contributed by atoms with Crippen LogP contribution in [0.2, 0.25) is 5.15 Å². The molecule has 0 aliphatic heterocycles. The molecule has 0 saturated heterocycles. The molecule has 18 heavy (non-hydrogen) atoms. The summed E-state index contributed by atoms with van der Waals surface area (Å²) < 4.78 is 1.95. The van der Waals surface area contributed by atoms with Gasteiger partial charge in [-0.1, -0.05) is 25.4 Å². The van der Waals surface area contributed by atoms with Gasteiger partial charge in [-0.05, 0) is 18.7 Å². The van der Waals surface area contributed by atoms with Gasteiger partial charge in [0, 0.05) is 30.9 Å². The van der Waals surface area contributed by atoms with Crippen LogP contribution in [0.3, 0.4) is 0 Å². The van der Waals surface area contributed by atoms with Crippen LogP contribution >= 0.6 is 23.4 Å². The molecular formula is C12H15ClN4S. The summed E-state index contributed by atoms with van der Waals surface area (Å²) >= 11 is 7.66. The Labute approximate surface area is 116 Å². The van der Waals surface area contributed by atoms with Crippen molar-refractivity contribution < 1.29 is 0 Å². The lowest BCUT2D eigenvalue weighted by Gasteiger charge is -2.10. The zero-order valence-electron chi connectivity index (χ0n) is 10.8. The monoisotopic (exact) mass is 282 g/mol. The van der Waals surface area contributed by atoms with E-state index in [1.54, 1.807) is 6.20 Å². The zero-order valence-corrected chi connectivity index (χ0v) is 12.4. The van der Waals surface area contributed by atoms with Crippen molar-refractivity contribution in [1.82, 2.24) is 19.5 Å². The number of aromatic nitrogens is 4. The van der Waals surface area contributed by atoms with Crippen molar-refractivity contribution in [3.8, 4) is 0 Å². The average molecular weight is 283 g/mol. The fraction of sp³-hybridized carbons (Fsp3) is 0.417. The Morgan fingerprint density at radius 2 is 2.06 bits per heavy atom. The van der Waals surface area contributed by atoms with Crippen LogP contribution in [-0.2, 0) is 7.05 Å². The van der Waals surface area contributed by atoms with Crippen LogP contribution in [0, 0.1) is 6.92 Å². The summed E-state index contributed by atoms with van der Waals surface area (Å²) in [5.74, 6) is 1.02. The van der Waals surface area contributed by atoms with Crippen LogP contribution in [0.4, 0.5) is 0 Å². The molecule has 0 fully saturated rings. The van der Waals surface area contributed by atoms with Gasteiger partial charge in [0.2, 0.25) is 0 Å². The molecule has 0 bridgehead atoms. The first-order chi connectivity index (χ1) is 8.49. The lowest BCUT2D eigenvalue weighted by Crippen LogP contribution is -2.02. The molecule has 0 spiro atoms. The van der Waals surface area contributed by atoms with E-state index >= 15 is 0 Å². The van der Waals surface area contributed by atoms with Crippen LogP contribution in [0.1, 0.15) is 31.2 Å². The van der Waals surface area contributed by atoms with E-state index in [4.69, 9.17) is 11.6 Å². The Kier molecular flexibility index (Phi) is 3.92. The predicted molar refractivity (Wildman–Crippen MR) is 73.2 cm³/mol. The van der Waals surface area contributed by atoms with Crippen LogP contribution in [0.15, 0.2) is 22.6 Å². The second-order valence-corrected chi connectivity index (χ2v) is 5.69. The van der Waals surface area contributed by atoms with Gasteiger partial charge in [0.05, 0.1) is 0 Å². The molecule has 6 heteroatoms. The van der Waals surface area contributed by atoms with Gasteiger partial charge in [0.1, 0.15) is 16.0 Å². The standard InChI is InChI=1S/C12H15ClN4S/c1-7(2)10-15-9(13)8(3)11(16-10)18-12-14-5-6-17(12)4/h5-7H,1-4H3. The minimum absolute atomic E-state index is 0.254. The summed E-state index contributed by atoms with van der Waals surface area (Å²) in [7, 11) is 1.96. The van der Waals surface area contributed by atoms with Gasteiger partial charge in [-0.3, -0.25) is 0 Å². The highest BCUT2D eigenvalue weighted by Crippen LogP contribution is 2.30. The Hall–Kier alpha value is -1.07. The first-order valence-corrected chi connectivity index (χ1v) is 6.87. The van der Waals surface area contributed by atoms with E-state index in [0.29, 0.717) is 5.15 Å². The summed E-state index contributed by atoms with van der Waals surface area (Å²) in [6, 6.07) is 0. The van der Waals surface area contributed by atoms with Gasteiger partial charge in [-0.2, -0.15) is 0 Å². The first kappa shape index (κ1) is 13.4. The van der Waals surface area contributed by atoms with E-state index < -0.39 is 0 Å². The molecule has 2 aromatic rings. The zero-order chi connectivity index (χ0) is 13.3. The Bertz CT molecular complexity index is 565. The average Bonchev–Trinajstić information content (AvgIpc) is 2.70. The van der Waals surface area contributed by atoms with Gasteiger partial charge in [0.25, 0.3) is 0 Å². The van der Waals surface area contributed by atoms with Gasteiger partial charge in [-0.15, -0.1) is 0 Å². The first-order valence-electron chi connectivity index (χ1n) is 5.68. The summed E-state index contributed by atoms with van der Waals surface area (Å²) in [5, 5.41) is 2.28. The highest BCUT2D eigenvalue weighted by Gasteiger charge is 2.14. The molecule has 0 amide bonds. The quantitative estimate of drug-likeness (QED) is 0.809. The molecule has 0 N–H and O–H groups in total. The second-order valence-electron chi connectivity index (χ2n) is 4.38. The lowest BCUT2D eigenvalue weighted by molar-refractivity contribution is 0.743. The van der Waals surface area contributed by atoms with Crippen molar-refractivity contribution in [2.45, 2.75) is 36.9 Å². The Balaban J connectivity index is 2.41. The molecule has 96 valence electrons. The summed E-state index contributed by atoms with van der Waals surface area (Å²) in [4.78, 5) is 13.1. The smallest absolute Gasteiger partial charge is 0.174 e. The van der Waals surface area contributed by atoms with Gasteiger partial charge >= 0.3 is 0 Å². The maximum Gasteiger partial charge on any atom is 0.174 e. The molecule has 2 rings (SSSR count). The predicted octanol–water partition coefficient (Wildman–Crippen LogP) is 3.45. The highest BCUT2D eigenvalue weighted by molar-refractivity contribution is 7.99. The maximum atomic E-state index is 6.15. The highest BCUT2D eigenvalue weighted by atomic mass is 35.5. The van der Waals surface area contributed by atoms with Gasteiger partial charge in [-0.25, -0.2) is 15.0 Å². The van der Waals surface area contributed by atoms with E-state index in [9.17, 15) is 0 Å². The third-order valence-corrected chi connectivity index (χ3v) is 4.08. The third-order valence-electron chi connectivity index (χ3n) is 2.54. The molecular weight excluding hydrogens is 268 g/mol. The number of nitrogens with zero attached hydrogens (tertiary/aromatic N) is 4. The molecule has 0 aliphatic rings. The largest absolute Gasteiger partial charge is 0.329 e. The minimum Gasteiger partial charge on any atom is -0.329 e. The van der Waals surface area contributed by atoms with Crippen molar-refractivity contribution in [3.05, 3.63) is 28.9 Å². The van der Waals surface area contributed by atoms with Crippen LogP contribution < -0.4 is 0 Å². The lowest BCUT2D eigenvalue weighted by atomic mass is 10.2. The van der Waals surface area contributed by atoms with E-state index in [-0.39, 0.29) is 5.92 Å². The second kappa shape index (κ2) is 5.28. The topological polar surface area (TPSA) is 43.6 Å². The molecule has 4 nitrogen and oxygen atoms in total. The van der Waals surface area contributed by atoms with Crippen molar-refractivity contribution in [2.75, 3.05) is 0 Å². The fourth-order valence-electron chi connectivity index (χ4n) is 1.38. The van der Waals surface area contributed by atoms with Crippen molar-refractivity contribution in [3.63, 3.8) is 0 Å². The summed E-state index contributed by atoms with van der Waals surface area (Å²) in [6.45, 7) is 6.03. The van der Waals surface area contributed by atoms with Crippen LogP contribution in [-0.4, -0.2) is 19.5 Å². The van der Waals surface area contributed by atoms with Crippen molar-refractivity contribution >= 4 is 23.4 Å². The molecule has 0 atom stereocenters. The summed E-state index contributed by atoms with van der Waals surface area (Å²) in [6.07, 6.45) is 3.67. The number of hydrogen-bond donors (Lipinski definition) is 0. The van der Waals surface area contributed by atoms with Crippen molar-refractivity contribution in [1.29, 1.82) is 0 Å². The molecule has 0 radical (unpaired) electrons. The Morgan fingerprint density at radius 3 is 2.61 bits per heavy atom. The van der Waals surface area contributed by atoms with Crippen LogP contribution in [0.25, 0.3) is 0 Å². The Morgan fingerprint density at radius 1 is 1.33 bits per heavy atom. The number of halogens is 1. The third kappa shape index (κ3) is 2.67.